The second kappa shape index (κ2) is 6.05. The fraction of sp³-hybridized carbons (Fsp3) is 0. The van der Waals surface area contributed by atoms with Gasteiger partial charge in [-0.15, -0.1) is 0 Å². The molecule has 1 N–H and O–H groups in total. The first-order valence-corrected chi connectivity index (χ1v) is 6.76. The quantitative estimate of drug-likeness (QED) is 0.571. The lowest BCUT2D eigenvalue weighted by atomic mass is 10.1. The number of aromatic nitrogens is 1. The average molecular weight is 291 g/mol. The van der Waals surface area contributed by atoms with E-state index in [2.05, 4.69) is 10.3 Å². The number of nitro benzene ring substituents is 1. The lowest BCUT2D eigenvalue weighted by molar-refractivity contribution is -0.384. The van der Waals surface area contributed by atoms with E-state index in [0.717, 1.165) is 11.4 Å². The maximum atomic E-state index is 10.9. The molecule has 5 heteroatoms. The van der Waals surface area contributed by atoms with E-state index in [0.29, 0.717) is 11.3 Å². The zero-order valence-corrected chi connectivity index (χ0v) is 11.6. The molecular formula is C17H13N3O2. The topological polar surface area (TPSA) is 68.1 Å². The summed E-state index contributed by atoms with van der Waals surface area (Å²) < 4.78 is 0. The van der Waals surface area contributed by atoms with Gasteiger partial charge in [0.1, 0.15) is 0 Å². The lowest BCUT2D eigenvalue weighted by Crippen LogP contribution is -1.96. The first-order chi connectivity index (χ1) is 10.7. The van der Waals surface area contributed by atoms with E-state index < -0.39 is 4.92 Å². The Morgan fingerprint density at radius 1 is 0.955 bits per heavy atom. The van der Waals surface area contributed by atoms with E-state index in [1.165, 1.54) is 12.1 Å². The number of pyridine rings is 1. The number of nitro groups is 1. The monoisotopic (exact) mass is 291 g/mol. The third-order valence-corrected chi connectivity index (χ3v) is 3.19. The Labute approximate surface area is 127 Å². The van der Waals surface area contributed by atoms with Crippen LogP contribution < -0.4 is 5.32 Å². The zero-order valence-electron chi connectivity index (χ0n) is 11.6. The molecule has 22 heavy (non-hydrogen) atoms. The maximum absolute atomic E-state index is 10.9. The summed E-state index contributed by atoms with van der Waals surface area (Å²) in [5.41, 5.74) is 3.16. The summed E-state index contributed by atoms with van der Waals surface area (Å²) in [6, 6.07) is 19.9. The number of para-hydroxylation sites is 1. The highest BCUT2D eigenvalue weighted by atomic mass is 16.6. The molecule has 0 amide bonds. The van der Waals surface area contributed by atoms with Crippen molar-refractivity contribution in [3.05, 3.63) is 83.0 Å². The summed E-state index contributed by atoms with van der Waals surface area (Å²) >= 11 is 0. The summed E-state index contributed by atoms with van der Waals surface area (Å²) in [5.74, 6) is 0. The third kappa shape index (κ3) is 2.93. The molecule has 3 aromatic rings. The molecule has 0 saturated carbocycles. The van der Waals surface area contributed by atoms with Gasteiger partial charge in [-0.1, -0.05) is 30.3 Å². The first-order valence-electron chi connectivity index (χ1n) is 6.76. The molecule has 1 aromatic heterocycles. The Morgan fingerprint density at radius 2 is 1.77 bits per heavy atom. The molecule has 0 aliphatic heterocycles. The smallest absolute Gasteiger partial charge is 0.270 e. The summed E-state index contributed by atoms with van der Waals surface area (Å²) in [6.07, 6.45) is 1.67. The Balaban J connectivity index is 2.01. The van der Waals surface area contributed by atoms with Crippen molar-refractivity contribution in [2.45, 2.75) is 0 Å². The number of benzene rings is 2. The van der Waals surface area contributed by atoms with E-state index >= 15 is 0 Å². The summed E-state index contributed by atoms with van der Waals surface area (Å²) in [7, 11) is 0. The minimum absolute atomic E-state index is 0.0498. The van der Waals surface area contributed by atoms with Crippen molar-refractivity contribution in [2.75, 3.05) is 5.32 Å². The largest absolute Gasteiger partial charge is 0.354 e. The molecule has 0 atom stereocenters. The van der Waals surface area contributed by atoms with Gasteiger partial charge in [0, 0.05) is 29.6 Å². The SMILES string of the molecule is O=[N+]([O-])c1cccc(-c2ncccc2Nc2ccccc2)c1. The summed E-state index contributed by atoms with van der Waals surface area (Å²) in [6.45, 7) is 0. The first kappa shape index (κ1) is 13.8. The standard InChI is InChI=1S/C17H13N3O2/c21-20(22)15-9-4-6-13(12-15)17-16(10-5-11-18-17)19-14-7-2-1-3-8-14/h1-12,19H. The molecule has 2 aromatic carbocycles. The second-order valence-electron chi connectivity index (χ2n) is 4.70. The van der Waals surface area contributed by atoms with Gasteiger partial charge < -0.3 is 5.32 Å². The van der Waals surface area contributed by atoms with Crippen LogP contribution in [0.1, 0.15) is 0 Å². The van der Waals surface area contributed by atoms with Crippen LogP contribution in [-0.2, 0) is 0 Å². The van der Waals surface area contributed by atoms with Crippen molar-refractivity contribution < 1.29 is 4.92 Å². The normalized spacial score (nSPS) is 10.2. The fourth-order valence-corrected chi connectivity index (χ4v) is 2.18. The van der Waals surface area contributed by atoms with Crippen LogP contribution in [0.4, 0.5) is 17.1 Å². The van der Waals surface area contributed by atoms with Crippen LogP contribution in [-0.4, -0.2) is 9.91 Å². The van der Waals surface area contributed by atoms with E-state index in [4.69, 9.17) is 0 Å². The van der Waals surface area contributed by atoms with Gasteiger partial charge in [0.25, 0.3) is 5.69 Å². The van der Waals surface area contributed by atoms with E-state index in [9.17, 15) is 10.1 Å². The molecule has 5 nitrogen and oxygen atoms in total. The number of nitrogens with one attached hydrogen (secondary N) is 1. The van der Waals surface area contributed by atoms with Crippen LogP contribution >= 0.6 is 0 Å². The average Bonchev–Trinajstić information content (AvgIpc) is 2.56. The van der Waals surface area contributed by atoms with Gasteiger partial charge in [-0.3, -0.25) is 15.1 Å². The lowest BCUT2D eigenvalue weighted by Gasteiger charge is -2.11. The molecule has 1 heterocycles. The van der Waals surface area contributed by atoms with Crippen molar-refractivity contribution in [2.24, 2.45) is 0 Å². The molecule has 108 valence electrons. The van der Waals surface area contributed by atoms with Gasteiger partial charge in [0.2, 0.25) is 0 Å². The van der Waals surface area contributed by atoms with Crippen LogP contribution in [0, 0.1) is 10.1 Å². The maximum Gasteiger partial charge on any atom is 0.270 e. The molecule has 0 saturated heterocycles. The van der Waals surface area contributed by atoms with Gasteiger partial charge >= 0.3 is 0 Å². The van der Waals surface area contributed by atoms with Crippen molar-refractivity contribution in [3.8, 4) is 11.3 Å². The van der Waals surface area contributed by atoms with Gasteiger partial charge in [-0.05, 0) is 24.3 Å². The zero-order chi connectivity index (χ0) is 15.4. The van der Waals surface area contributed by atoms with Gasteiger partial charge in [-0.25, -0.2) is 0 Å². The predicted molar refractivity (Wildman–Crippen MR) is 86.1 cm³/mol. The molecular weight excluding hydrogens is 278 g/mol. The Hall–Kier alpha value is -3.21. The highest BCUT2D eigenvalue weighted by Crippen LogP contribution is 2.30. The van der Waals surface area contributed by atoms with E-state index in [1.54, 1.807) is 12.3 Å². The Kier molecular flexibility index (Phi) is 3.78. The van der Waals surface area contributed by atoms with E-state index in [1.807, 2.05) is 48.5 Å². The highest BCUT2D eigenvalue weighted by molar-refractivity contribution is 5.78. The molecule has 0 radical (unpaired) electrons. The highest BCUT2D eigenvalue weighted by Gasteiger charge is 2.11. The summed E-state index contributed by atoms with van der Waals surface area (Å²) in [4.78, 5) is 14.9. The van der Waals surface area contributed by atoms with Crippen LogP contribution in [0.25, 0.3) is 11.3 Å². The molecule has 0 spiro atoms. The van der Waals surface area contributed by atoms with Crippen molar-refractivity contribution >= 4 is 17.1 Å². The minimum atomic E-state index is -0.406. The van der Waals surface area contributed by atoms with Crippen molar-refractivity contribution in [1.82, 2.24) is 4.98 Å². The van der Waals surface area contributed by atoms with E-state index in [-0.39, 0.29) is 5.69 Å². The van der Waals surface area contributed by atoms with Crippen LogP contribution in [0.5, 0.6) is 0 Å². The molecule has 0 bridgehead atoms. The number of rotatable bonds is 4. The van der Waals surface area contributed by atoms with Gasteiger partial charge in [-0.2, -0.15) is 0 Å². The number of nitrogens with zero attached hydrogens (tertiary/aromatic N) is 2. The van der Waals surface area contributed by atoms with Crippen molar-refractivity contribution in [1.29, 1.82) is 0 Å². The number of hydrogen-bond donors (Lipinski definition) is 1. The van der Waals surface area contributed by atoms with Crippen LogP contribution in [0.2, 0.25) is 0 Å². The molecule has 0 unspecified atom stereocenters. The number of hydrogen-bond acceptors (Lipinski definition) is 4. The Morgan fingerprint density at radius 3 is 2.55 bits per heavy atom. The van der Waals surface area contributed by atoms with Gasteiger partial charge in [0.05, 0.1) is 16.3 Å². The molecule has 0 aliphatic rings. The van der Waals surface area contributed by atoms with Crippen molar-refractivity contribution in [3.63, 3.8) is 0 Å². The fourth-order valence-electron chi connectivity index (χ4n) is 2.18. The number of anilines is 2. The molecule has 3 rings (SSSR count). The third-order valence-electron chi connectivity index (χ3n) is 3.19. The molecule has 0 fully saturated rings. The van der Waals surface area contributed by atoms with Gasteiger partial charge in [0.15, 0.2) is 0 Å². The number of non-ortho nitro benzene ring substituents is 1. The van der Waals surface area contributed by atoms with Crippen LogP contribution in [0.3, 0.4) is 0 Å². The minimum Gasteiger partial charge on any atom is -0.354 e. The Bertz CT molecular complexity index is 804. The predicted octanol–water partition coefficient (Wildman–Crippen LogP) is 4.40. The summed E-state index contributed by atoms with van der Waals surface area (Å²) in [5, 5.41) is 14.2. The van der Waals surface area contributed by atoms with Crippen LogP contribution in [0.15, 0.2) is 72.9 Å². The molecule has 0 aliphatic carbocycles. The second-order valence-corrected chi connectivity index (χ2v) is 4.70.